The molecule has 0 bridgehead atoms. The van der Waals surface area contributed by atoms with E-state index in [2.05, 4.69) is 11.9 Å². The van der Waals surface area contributed by atoms with Gasteiger partial charge in [0.2, 0.25) is 0 Å². The molecule has 1 heterocycles. The first-order valence-corrected chi connectivity index (χ1v) is 6.34. The number of rotatable bonds is 5. The van der Waals surface area contributed by atoms with Crippen LogP contribution in [0, 0.1) is 0 Å². The summed E-state index contributed by atoms with van der Waals surface area (Å²) < 4.78 is 0. The second-order valence-corrected chi connectivity index (χ2v) is 4.45. The number of carbonyl (C=O) groups is 1. The molecule has 0 aliphatic rings. The van der Waals surface area contributed by atoms with Crippen LogP contribution < -0.4 is 0 Å². The van der Waals surface area contributed by atoms with E-state index in [0.717, 1.165) is 42.1 Å². The first-order chi connectivity index (χ1) is 8.72. The minimum Gasteiger partial charge on any atom is -0.477 e. The number of pyridine rings is 1. The Morgan fingerprint density at radius 3 is 2.78 bits per heavy atom. The van der Waals surface area contributed by atoms with Crippen LogP contribution in [0.4, 0.5) is 0 Å². The van der Waals surface area contributed by atoms with Crippen LogP contribution >= 0.6 is 0 Å². The van der Waals surface area contributed by atoms with Gasteiger partial charge in [-0.1, -0.05) is 38.0 Å². The fourth-order valence-corrected chi connectivity index (χ4v) is 2.10. The number of para-hydroxylation sites is 1. The van der Waals surface area contributed by atoms with E-state index in [1.54, 1.807) is 0 Å². The summed E-state index contributed by atoms with van der Waals surface area (Å²) in [7, 11) is 0. The molecule has 0 amide bonds. The molecule has 2 rings (SSSR count). The lowest BCUT2D eigenvalue weighted by Gasteiger charge is -2.07. The molecule has 2 aromatic rings. The van der Waals surface area contributed by atoms with Crippen LogP contribution in [0.3, 0.4) is 0 Å². The van der Waals surface area contributed by atoms with Gasteiger partial charge in [-0.3, -0.25) is 0 Å². The van der Waals surface area contributed by atoms with E-state index in [9.17, 15) is 9.90 Å². The van der Waals surface area contributed by atoms with Gasteiger partial charge >= 0.3 is 5.97 Å². The molecule has 0 radical (unpaired) electrons. The number of hydrogen-bond donors (Lipinski definition) is 1. The smallest absolute Gasteiger partial charge is 0.354 e. The maximum Gasteiger partial charge on any atom is 0.354 e. The Hall–Kier alpha value is -1.90. The van der Waals surface area contributed by atoms with Crippen molar-refractivity contribution in [1.82, 2.24) is 4.98 Å². The number of benzene rings is 1. The number of carboxylic acids is 1. The van der Waals surface area contributed by atoms with E-state index in [1.165, 1.54) is 0 Å². The number of aryl methyl sites for hydroxylation is 1. The summed E-state index contributed by atoms with van der Waals surface area (Å²) in [6.07, 6.45) is 4.04. The second kappa shape index (κ2) is 5.63. The second-order valence-electron chi connectivity index (χ2n) is 4.45. The average Bonchev–Trinajstić information content (AvgIpc) is 2.38. The molecule has 0 spiro atoms. The van der Waals surface area contributed by atoms with E-state index in [1.807, 2.05) is 30.3 Å². The van der Waals surface area contributed by atoms with Gasteiger partial charge in [-0.15, -0.1) is 0 Å². The van der Waals surface area contributed by atoms with Gasteiger partial charge in [0, 0.05) is 5.39 Å². The first kappa shape index (κ1) is 12.6. The standard InChI is InChI=1S/C15H17NO2/c1-2-3-4-8-12-10-11-7-5-6-9-13(11)16-14(12)15(17)18/h5-7,9-10H,2-4,8H2,1H3,(H,17,18). The molecule has 94 valence electrons. The van der Waals surface area contributed by atoms with Crippen molar-refractivity contribution in [1.29, 1.82) is 0 Å². The number of aromatic carboxylic acids is 1. The largest absolute Gasteiger partial charge is 0.477 e. The fraction of sp³-hybridized carbons (Fsp3) is 0.333. The summed E-state index contributed by atoms with van der Waals surface area (Å²) in [5.41, 5.74) is 1.79. The Labute approximate surface area is 106 Å². The lowest BCUT2D eigenvalue weighted by Crippen LogP contribution is -2.06. The van der Waals surface area contributed by atoms with Crippen molar-refractivity contribution in [3.63, 3.8) is 0 Å². The van der Waals surface area contributed by atoms with Crippen LogP contribution in [0.25, 0.3) is 10.9 Å². The monoisotopic (exact) mass is 243 g/mol. The number of aromatic nitrogens is 1. The van der Waals surface area contributed by atoms with Crippen LogP contribution in [0.15, 0.2) is 30.3 Å². The summed E-state index contributed by atoms with van der Waals surface area (Å²) in [5.74, 6) is -0.938. The Kier molecular flexibility index (Phi) is 3.92. The van der Waals surface area contributed by atoms with E-state index >= 15 is 0 Å². The van der Waals surface area contributed by atoms with Gasteiger partial charge in [0.05, 0.1) is 5.52 Å². The van der Waals surface area contributed by atoms with Crippen LogP contribution in [-0.2, 0) is 6.42 Å². The summed E-state index contributed by atoms with van der Waals surface area (Å²) in [6.45, 7) is 2.14. The first-order valence-electron chi connectivity index (χ1n) is 6.34. The third-order valence-electron chi connectivity index (χ3n) is 3.06. The van der Waals surface area contributed by atoms with Crippen LogP contribution in [0.1, 0.15) is 42.2 Å². The topological polar surface area (TPSA) is 50.2 Å². The minimum atomic E-state index is -0.938. The highest BCUT2D eigenvalue weighted by Gasteiger charge is 2.12. The highest BCUT2D eigenvalue weighted by Crippen LogP contribution is 2.19. The summed E-state index contributed by atoms with van der Waals surface area (Å²) in [5, 5.41) is 10.2. The van der Waals surface area contributed by atoms with E-state index in [4.69, 9.17) is 0 Å². The number of carboxylic acid groups (broad SMARTS) is 1. The highest BCUT2D eigenvalue weighted by atomic mass is 16.4. The molecular weight excluding hydrogens is 226 g/mol. The molecule has 0 saturated carbocycles. The summed E-state index contributed by atoms with van der Waals surface area (Å²) >= 11 is 0. The molecule has 1 aromatic heterocycles. The van der Waals surface area contributed by atoms with Crippen molar-refractivity contribution >= 4 is 16.9 Å². The molecule has 3 nitrogen and oxygen atoms in total. The molecule has 0 aliphatic carbocycles. The maximum absolute atomic E-state index is 11.2. The van der Waals surface area contributed by atoms with Gasteiger partial charge < -0.3 is 5.11 Å². The van der Waals surface area contributed by atoms with Gasteiger partial charge in [0.15, 0.2) is 5.69 Å². The Bertz CT molecular complexity index is 563. The average molecular weight is 243 g/mol. The molecule has 0 fully saturated rings. The summed E-state index contributed by atoms with van der Waals surface area (Å²) in [6, 6.07) is 9.59. The van der Waals surface area contributed by atoms with Crippen molar-refractivity contribution in [3.8, 4) is 0 Å². The molecule has 3 heteroatoms. The van der Waals surface area contributed by atoms with Gasteiger partial charge in [0.1, 0.15) is 0 Å². The van der Waals surface area contributed by atoms with Gasteiger partial charge in [-0.05, 0) is 30.5 Å². The number of unbranched alkanes of at least 4 members (excludes halogenated alkanes) is 2. The third kappa shape index (κ3) is 2.67. The predicted molar refractivity (Wildman–Crippen MR) is 71.9 cm³/mol. The zero-order valence-corrected chi connectivity index (χ0v) is 10.5. The molecule has 1 N–H and O–H groups in total. The zero-order chi connectivity index (χ0) is 13.0. The maximum atomic E-state index is 11.2. The van der Waals surface area contributed by atoms with Gasteiger partial charge in [-0.2, -0.15) is 0 Å². The Morgan fingerprint density at radius 1 is 1.28 bits per heavy atom. The van der Waals surface area contributed by atoms with Crippen LogP contribution in [-0.4, -0.2) is 16.1 Å². The number of hydrogen-bond acceptors (Lipinski definition) is 2. The van der Waals surface area contributed by atoms with Crippen LogP contribution in [0.5, 0.6) is 0 Å². The Morgan fingerprint density at radius 2 is 2.06 bits per heavy atom. The van der Waals surface area contributed by atoms with Crippen molar-refractivity contribution in [2.24, 2.45) is 0 Å². The van der Waals surface area contributed by atoms with Gasteiger partial charge in [0.25, 0.3) is 0 Å². The van der Waals surface area contributed by atoms with E-state index in [0.29, 0.717) is 0 Å². The van der Waals surface area contributed by atoms with Crippen molar-refractivity contribution in [2.75, 3.05) is 0 Å². The quantitative estimate of drug-likeness (QED) is 0.815. The SMILES string of the molecule is CCCCCc1cc2ccccc2nc1C(=O)O. The van der Waals surface area contributed by atoms with E-state index in [-0.39, 0.29) is 5.69 Å². The molecular formula is C15H17NO2. The van der Waals surface area contributed by atoms with Crippen molar-refractivity contribution < 1.29 is 9.90 Å². The lowest BCUT2D eigenvalue weighted by atomic mass is 10.0. The molecule has 0 aliphatic heterocycles. The van der Waals surface area contributed by atoms with E-state index < -0.39 is 5.97 Å². The minimum absolute atomic E-state index is 0.199. The van der Waals surface area contributed by atoms with Crippen molar-refractivity contribution in [3.05, 3.63) is 41.6 Å². The molecule has 0 atom stereocenters. The highest BCUT2D eigenvalue weighted by molar-refractivity contribution is 5.91. The molecule has 18 heavy (non-hydrogen) atoms. The van der Waals surface area contributed by atoms with Crippen LogP contribution in [0.2, 0.25) is 0 Å². The van der Waals surface area contributed by atoms with Crippen molar-refractivity contribution in [2.45, 2.75) is 32.6 Å². The number of fused-ring (bicyclic) bond motifs is 1. The lowest BCUT2D eigenvalue weighted by molar-refractivity contribution is 0.0689. The zero-order valence-electron chi connectivity index (χ0n) is 10.5. The normalized spacial score (nSPS) is 10.7. The fourth-order valence-electron chi connectivity index (χ4n) is 2.10. The predicted octanol–water partition coefficient (Wildman–Crippen LogP) is 3.67. The summed E-state index contributed by atoms with van der Waals surface area (Å²) in [4.78, 5) is 15.5. The molecule has 1 aromatic carbocycles. The molecule has 0 saturated heterocycles. The Balaban J connectivity index is 2.41. The van der Waals surface area contributed by atoms with Gasteiger partial charge in [-0.25, -0.2) is 9.78 Å². The number of nitrogens with zero attached hydrogens (tertiary/aromatic N) is 1. The molecule has 0 unspecified atom stereocenters. The third-order valence-corrected chi connectivity index (χ3v) is 3.06.